The molecule has 0 radical (unpaired) electrons. The van der Waals surface area contributed by atoms with E-state index in [0.717, 1.165) is 11.8 Å². The van der Waals surface area contributed by atoms with Gasteiger partial charge in [-0.25, -0.2) is 8.42 Å². The van der Waals surface area contributed by atoms with Crippen LogP contribution in [0.3, 0.4) is 0 Å². The molecule has 1 aliphatic heterocycles. The predicted molar refractivity (Wildman–Crippen MR) is 97.9 cm³/mol. The smallest absolute Gasteiger partial charge is 0.267 e. The molecule has 2 aromatic carbocycles. The van der Waals surface area contributed by atoms with Crippen molar-refractivity contribution in [3.05, 3.63) is 53.1 Å². The van der Waals surface area contributed by atoms with Gasteiger partial charge in [-0.15, -0.1) is 0 Å². The summed E-state index contributed by atoms with van der Waals surface area (Å²) in [6.07, 6.45) is 0.133. The quantitative estimate of drug-likeness (QED) is 0.888. The number of hydrogen-bond acceptors (Lipinski definition) is 4. The first kappa shape index (κ1) is 17.6. The minimum Gasteiger partial charge on any atom is -0.476 e. The molecule has 0 fully saturated rings. The molecule has 8 heteroatoms. The molecule has 0 saturated carbocycles. The SMILES string of the molecule is Cc1ccc(NC(=O)C2CN(S(C)(=O)=O)c3ccccc3O2)cc1Cl. The van der Waals surface area contributed by atoms with Crippen LogP contribution in [0, 0.1) is 6.92 Å². The van der Waals surface area contributed by atoms with Gasteiger partial charge in [-0.2, -0.15) is 0 Å². The van der Waals surface area contributed by atoms with Gasteiger partial charge in [0.2, 0.25) is 10.0 Å². The van der Waals surface area contributed by atoms with Gasteiger partial charge in [0.05, 0.1) is 18.5 Å². The summed E-state index contributed by atoms with van der Waals surface area (Å²) in [6, 6.07) is 11.9. The van der Waals surface area contributed by atoms with Crippen LogP contribution in [0.15, 0.2) is 42.5 Å². The zero-order chi connectivity index (χ0) is 18.2. The van der Waals surface area contributed by atoms with Crippen LogP contribution >= 0.6 is 11.6 Å². The number of rotatable bonds is 3. The van der Waals surface area contributed by atoms with Crippen LogP contribution in [-0.2, 0) is 14.8 Å². The molecule has 0 aliphatic carbocycles. The molecule has 0 aromatic heterocycles. The Morgan fingerprint density at radius 2 is 2.00 bits per heavy atom. The normalized spacial score (nSPS) is 16.8. The largest absolute Gasteiger partial charge is 0.476 e. The maximum Gasteiger partial charge on any atom is 0.267 e. The first-order chi connectivity index (χ1) is 11.8. The summed E-state index contributed by atoms with van der Waals surface area (Å²) in [4.78, 5) is 12.5. The standard InChI is InChI=1S/C17H17ClN2O4S/c1-11-7-8-12(9-13(11)18)19-17(21)16-10-20(25(2,22)23)14-5-3-4-6-15(14)24-16/h3-9,16H,10H2,1-2H3,(H,19,21). The van der Waals surface area contributed by atoms with Crippen molar-refractivity contribution in [2.24, 2.45) is 0 Å². The number of aryl methyl sites for hydroxylation is 1. The molecule has 6 nitrogen and oxygen atoms in total. The van der Waals surface area contributed by atoms with Gasteiger partial charge < -0.3 is 10.1 Å². The number of anilines is 2. The molecule has 132 valence electrons. The van der Waals surface area contributed by atoms with E-state index >= 15 is 0 Å². The summed E-state index contributed by atoms with van der Waals surface area (Å²) in [7, 11) is -3.54. The van der Waals surface area contributed by atoms with Crippen molar-refractivity contribution in [3.8, 4) is 5.75 Å². The average molecular weight is 381 g/mol. The Morgan fingerprint density at radius 1 is 1.28 bits per heavy atom. The molecule has 1 atom stereocenters. The van der Waals surface area contributed by atoms with Crippen molar-refractivity contribution >= 4 is 38.9 Å². The van der Waals surface area contributed by atoms with Crippen LogP contribution in [0.1, 0.15) is 5.56 Å². The molecule has 2 aromatic rings. The van der Waals surface area contributed by atoms with Crippen LogP contribution in [0.2, 0.25) is 5.02 Å². The molecule has 0 spiro atoms. The van der Waals surface area contributed by atoms with Gasteiger partial charge in [-0.3, -0.25) is 9.10 Å². The number of sulfonamides is 1. The first-order valence-corrected chi connectivity index (χ1v) is 9.79. The second-order valence-electron chi connectivity index (χ2n) is 5.82. The maximum absolute atomic E-state index is 12.5. The summed E-state index contributed by atoms with van der Waals surface area (Å²) < 4.78 is 31.0. The molecule has 1 amide bonds. The fraction of sp³-hybridized carbons (Fsp3) is 0.235. The number of benzene rings is 2. The number of para-hydroxylation sites is 2. The number of amides is 1. The molecule has 1 aliphatic rings. The van der Waals surface area contributed by atoms with E-state index < -0.39 is 22.0 Å². The molecular weight excluding hydrogens is 364 g/mol. The summed E-state index contributed by atoms with van der Waals surface area (Å²) in [6.45, 7) is 1.76. The number of fused-ring (bicyclic) bond motifs is 1. The highest BCUT2D eigenvalue weighted by Gasteiger charge is 2.34. The van der Waals surface area contributed by atoms with E-state index in [1.54, 1.807) is 42.5 Å². The van der Waals surface area contributed by atoms with E-state index in [9.17, 15) is 13.2 Å². The maximum atomic E-state index is 12.5. The third kappa shape index (κ3) is 3.72. The fourth-order valence-corrected chi connectivity index (χ4v) is 3.64. The van der Waals surface area contributed by atoms with Crippen molar-refractivity contribution in [2.45, 2.75) is 13.0 Å². The summed E-state index contributed by atoms with van der Waals surface area (Å²) in [5.74, 6) is -0.0932. The minimum atomic E-state index is -3.54. The van der Waals surface area contributed by atoms with Gasteiger partial charge in [0.25, 0.3) is 5.91 Å². The van der Waals surface area contributed by atoms with Gasteiger partial charge in [0.1, 0.15) is 5.75 Å². The van der Waals surface area contributed by atoms with Crippen molar-refractivity contribution in [2.75, 3.05) is 22.4 Å². The Kier molecular flexibility index (Phi) is 4.62. The minimum absolute atomic E-state index is 0.0960. The molecule has 0 saturated heterocycles. The van der Waals surface area contributed by atoms with Crippen LogP contribution in [0.4, 0.5) is 11.4 Å². The highest BCUT2D eigenvalue weighted by atomic mass is 35.5. The van der Waals surface area contributed by atoms with E-state index in [1.165, 1.54) is 4.31 Å². The number of carbonyl (C=O) groups excluding carboxylic acids is 1. The van der Waals surface area contributed by atoms with Gasteiger partial charge in [-0.05, 0) is 36.8 Å². The lowest BCUT2D eigenvalue weighted by molar-refractivity contribution is -0.122. The molecule has 0 bridgehead atoms. The number of hydrogen-bond donors (Lipinski definition) is 1. The highest BCUT2D eigenvalue weighted by Crippen LogP contribution is 2.34. The van der Waals surface area contributed by atoms with Gasteiger partial charge >= 0.3 is 0 Å². The van der Waals surface area contributed by atoms with E-state index in [4.69, 9.17) is 16.3 Å². The van der Waals surface area contributed by atoms with Crippen LogP contribution < -0.4 is 14.4 Å². The van der Waals surface area contributed by atoms with E-state index in [2.05, 4.69) is 5.32 Å². The van der Waals surface area contributed by atoms with Crippen molar-refractivity contribution in [1.29, 1.82) is 0 Å². The van der Waals surface area contributed by atoms with Crippen LogP contribution in [0.25, 0.3) is 0 Å². The molecule has 1 N–H and O–H groups in total. The Balaban J connectivity index is 1.85. The van der Waals surface area contributed by atoms with Crippen molar-refractivity contribution in [1.82, 2.24) is 0 Å². The molecule has 1 unspecified atom stereocenters. The lowest BCUT2D eigenvalue weighted by Gasteiger charge is -2.33. The summed E-state index contributed by atoms with van der Waals surface area (Å²) in [5.41, 5.74) is 1.84. The monoisotopic (exact) mass is 380 g/mol. The molecule has 1 heterocycles. The number of nitrogens with zero attached hydrogens (tertiary/aromatic N) is 1. The number of ether oxygens (including phenoxy) is 1. The Hall–Kier alpha value is -2.25. The molecular formula is C17H17ClN2O4S. The second kappa shape index (κ2) is 6.57. The predicted octanol–water partition coefficient (Wildman–Crippen LogP) is 2.81. The highest BCUT2D eigenvalue weighted by molar-refractivity contribution is 7.92. The third-order valence-corrected chi connectivity index (χ3v) is 5.42. The fourth-order valence-electron chi connectivity index (χ4n) is 2.55. The summed E-state index contributed by atoms with van der Waals surface area (Å²) in [5, 5.41) is 3.25. The van der Waals surface area contributed by atoms with Crippen LogP contribution in [0.5, 0.6) is 5.75 Å². The zero-order valence-corrected chi connectivity index (χ0v) is 15.3. The number of nitrogens with one attached hydrogen (secondary N) is 1. The lowest BCUT2D eigenvalue weighted by atomic mass is 10.2. The Bertz CT molecular complexity index is 930. The average Bonchev–Trinajstić information content (AvgIpc) is 2.56. The van der Waals surface area contributed by atoms with Gasteiger partial charge in [-0.1, -0.05) is 29.8 Å². The van der Waals surface area contributed by atoms with Gasteiger partial charge in [0.15, 0.2) is 6.10 Å². The van der Waals surface area contributed by atoms with Crippen LogP contribution in [-0.4, -0.2) is 33.2 Å². The third-order valence-electron chi connectivity index (χ3n) is 3.87. The Morgan fingerprint density at radius 3 is 2.68 bits per heavy atom. The van der Waals surface area contributed by atoms with Crippen molar-refractivity contribution in [3.63, 3.8) is 0 Å². The Labute approximate surface area is 151 Å². The van der Waals surface area contributed by atoms with Crippen molar-refractivity contribution < 1.29 is 17.9 Å². The molecule has 25 heavy (non-hydrogen) atoms. The zero-order valence-electron chi connectivity index (χ0n) is 13.7. The van der Waals surface area contributed by atoms with E-state index in [0.29, 0.717) is 22.1 Å². The van der Waals surface area contributed by atoms with E-state index in [-0.39, 0.29) is 6.54 Å². The lowest BCUT2D eigenvalue weighted by Crippen LogP contribution is -2.48. The topological polar surface area (TPSA) is 75.7 Å². The number of carbonyl (C=O) groups is 1. The van der Waals surface area contributed by atoms with E-state index in [1.807, 2.05) is 6.92 Å². The van der Waals surface area contributed by atoms with Gasteiger partial charge in [0, 0.05) is 10.7 Å². The second-order valence-corrected chi connectivity index (χ2v) is 8.14. The molecule has 3 rings (SSSR count). The first-order valence-electron chi connectivity index (χ1n) is 7.56. The summed E-state index contributed by atoms with van der Waals surface area (Å²) >= 11 is 6.06. The number of halogens is 1.